The Morgan fingerprint density at radius 1 is 1.42 bits per heavy atom. The Morgan fingerprint density at radius 3 is 3.04 bits per heavy atom. The minimum absolute atomic E-state index is 0.0245. The monoisotopic (exact) mass is 321 g/mol. The summed E-state index contributed by atoms with van der Waals surface area (Å²) in [6.45, 7) is 6.16. The van der Waals surface area contributed by atoms with Gasteiger partial charge in [0.15, 0.2) is 0 Å². The van der Waals surface area contributed by atoms with Crippen LogP contribution in [0.1, 0.15) is 31.7 Å². The highest BCUT2D eigenvalue weighted by Crippen LogP contribution is 2.40. The van der Waals surface area contributed by atoms with Gasteiger partial charge in [0, 0.05) is 24.0 Å². The molecule has 1 saturated carbocycles. The van der Waals surface area contributed by atoms with E-state index in [4.69, 9.17) is 9.15 Å². The van der Waals surface area contributed by atoms with Gasteiger partial charge in [0.25, 0.3) is 0 Å². The first-order valence-electron chi connectivity index (χ1n) is 8.23. The molecule has 0 saturated heterocycles. The van der Waals surface area contributed by atoms with Crippen LogP contribution >= 0.6 is 0 Å². The third-order valence-corrected chi connectivity index (χ3v) is 4.89. The van der Waals surface area contributed by atoms with E-state index in [2.05, 4.69) is 18.5 Å². The Morgan fingerprint density at radius 2 is 2.29 bits per heavy atom. The van der Waals surface area contributed by atoms with Crippen molar-refractivity contribution < 1.29 is 9.15 Å². The van der Waals surface area contributed by atoms with Crippen molar-refractivity contribution >= 4 is 6.08 Å². The summed E-state index contributed by atoms with van der Waals surface area (Å²) in [5, 5.41) is 0. The second-order valence-electron chi connectivity index (χ2n) is 6.56. The van der Waals surface area contributed by atoms with Crippen LogP contribution < -0.4 is 10.4 Å². The van der Waals surface area contributed by atoms with Gasteiger partial charge in [0.05, 0.1) is 0 Å². The molecule has 24 heavy (non-hydrogen) atoms. The maximum atomic E-state index is 12.4. The van der Waals surface area contributed by atoms with E-state index < -0.39 is 0 Å². The molecule has 0 aromatic carbocycles. The van der Waals surface area contributed by atoms with Gasteiger partial charge < -0.3 is 9.15 Å². The third kappa shape index (κ3) is 2.58. The fourth-order valence-corrected chi connectivity index (χ4v) is 3.46. The molecule has 2 atom stereocenters. The van der Waals surface area contributed by atoms with Gasteiger partial charge in [-0.3, -0.25) is 4.98 Å². The second kappa shape index (κ2) is 5.78. The van der Waals surface area contributed by atoms with E-state index in [1.807, 2.05) is 18.2 Å². The third-order valence-electron chi connectivity index (χ3n) is 4.89. The molecule has 3 heterocycles. The number of rotatable bonds is 2. The highest BCUT2D eigenvalue weighted by Gasteiger charge is 2.32. The molecule has 4 nitrogen and oxygen atoms in total. The number of ether oxygens (including phenoxy) is 1. The van der Waals surface area contributed by atoms with Crippen molar-refractivity contribution in [1.82, 2.24) is 4.98 Å². The lowest BCUT2D eigenvalue weighted by Crippen LogP contribution is -2.31. The van der Waals surface area contributed by atoms with Gasteiger partial charge in [-0.05, 0) is 55.9 Å². The molecule has 1 fully saturated rings. The molecule has 2 aromatic rings. The van der Waals surface area contributed by atoms with E-state index in [0.29, 0.717) is 23.0 Å². The van der Waals surface area contributed by atoms with E-state index in [9.17, 15) is 4.79 Å². The smallest absolute Gasteiger partial charge is 0.347 e. The lowest BCUT2D eigenvalue weighted by Gasteiger charge is -2.35. The number of aromatic nitrogens is 1. The molecule has 2 aromatic heterocycles. The van der Waals surface area contributed by atoms with Gasteiger partial charge in [0.2, 0.25) is 0 Å². The van der Waals surface area contributed by atoms with Crippen LogP contribution in [0, 0.1) is 5.92 Å². The first kappa shape index (κ1) is 14.9. The normalized spacial score (nSPS) is 22.0. The molecule has 1 aliphatic carbocycles. The Kier molecular flexibility index (Phi) is 3.60. The van der Waals surface area contributed by atoms with E-state index >= 15 is 0 Å². The predicted molar refractivity (Wildman–Crippen MR) is 92.8 cm³/mol. The van der Waals surface area contributed by atoms with Crippen molar-refractivity contribution in [3.05, 3.63) is 64.3 Å². The maximum Gasteiger partial charge on any atom is 0.347 e. The van der Waals surface area contributed by atoms with Crippen LogP contribution in [-0.4, -0.2) is 11.1 Å². The fourth-order valence-electron chi connectivity index (χ4n) is 3.46. The average Bonchev–Trinajstić information content (AvgIpc) is 2.60. The molecule has 0 N–H and O–H groups in total. The van der Waals surface area contributed by atoms with Crippen LogP contribution in [0.15, 0.2) is 57.5 Å². The Hall–Kier alpha value is -2.62. The molecule has 0 amide bonds. The zero-order valence-corrected chi connectivity index (χ0v) is 13.6. The number of pyridine rings is 1. The second-order valence-corrected chi connectivity index (χ2v) is 6.56. The number of hydrogen-bond donors (Lipinski definition) is 0. The zero-order chi connectivity index (χ0) is 16.7. The summed E-state index contributed by atoms with van der Waals surface area (Å²) in [5.74, 6) is 1.56. The summed E-state index contributed by atoms with van der Waals surface area (Å²) in [4.78, 5) is 16.5. The maximum absolute atomic E-state index is 12.4. The van der Waals surface area contributed by atoms with E-state index in [-0.39, 0.29) is 11.7 Å². The molecule has 4 heteroatoms. The summed E-state index contributed by atoms with van der Waals surface area (Å²) in [6.07, 6.45) is 8.26. The van der Waals surface area contributed by atoms with Gasteiger partial charge in [-0.25, -0.2) is 4.79 Å². The summed E-state index contributed by atoms with van der Waals surface area (Å²) >= 11 is 0. The first-order valence-corrected chi connectivity index (χ1v) is 8.23. The molecule has 0 unspecified atom stereocenters. The quantitative estimate of drug-likeness (QED) is 0.777. The molecular formula is C20H19NO3. The highest BCUT2D eigenvalue weighted by atomic mass is 16.5. The Bertz CT molecular complexity index is 880. The van der Waals surface area contributed by atoms with Crippen LogP contribution in [0.3, 0.4) is 0 Å². The van der Waals surface area contributed by atoms with E-state index in [0.717, 1.165) is 24.8 Å². The largest absolute Gasteiger partial charge is 0.485 e. The fraction of sp³-hybridized carbons (Fsp3) is 0.300. The number of hydrogen-bond acceptors (Lipinski definition) is 4. The highest BCUT2D eigenvalue weighted by molar-refractivity contribution is 5.66. The Labute approximate surface area is 140 Å². The minimum atomic E-state index is -0.362. The van der Waals surface area contributed by atoms with Crippen molar-refractivity contribution in [3.63, 3.8) is 0 Å². The molecular weight excluding hydrogens is 302 g/mol. The van der Waals surface area contributed by atoms with Crippen molar-refractivity contribution in [3.8, 4) is 17.1 Å². The van der Waals surface area contributed by atoms with E-state index in [1.165, 1.54) is 11.1 Å². The van der Waals surface area contributed by atoms with Gasteiger partial charge in [-0.2, -0.15) is 0 Å². The van der Waals surface area contributed by atoms with Crippen molar-refractivity contribution in [2.45, 2.75) is 32.3 Å². The lowest BCUT2D eigenvalue weighted by atomic mass is 9.79. The van der Waals surface area contributed by atoms with Crippen LogP contribution in [0.5, 0.6) is 5.75 Å². The lowest BCUT2D eigenvalue weighted by molar-refractivity contribution is 0.177. The summed E-state index contributed by atoms with van der Waals surface area (Å²) in [7, 11) is 0. The standard InChI is InChI=1S/C20H19NO3/c1-12(2)13-5-6-14-8-16-19(23-17(14)9-13)10-18(24-20(16)22)15-4-3-7-21-11-15/h3-4,7-8,10-11,13,17H,1,5-6,9H2,2H3/t13-,17-/m0/s1. The predicted octanol–water partition coefficient (Wildman–Crippen LogP) is 4.22. The van der Waals surface area contributed by atoms with Gasteiger partial charge >= 0.3 is 5.63 Å². The summed E-state index contributed by atoms with van der Waals surface area (Å²) < 4.78 is 11.6. The molecule has 1 aliphatic heterocycles. The van der Waals surface area contributed by atoms with E-state index in [1.54, 1.807) is 18.5 Å². The van der Waals surface area contributed by atoms with Crippen LogP contribution in [-0.2, 0) is 0 Å². The molecule has 0 spiro atoms. The van der Waals surface area contributed by atoms with Crippen LogP contribution in [0.2, 0.25) is 0 Å². The number of allylic oxidation sites excluding steroid dienone is 1. The molecule has 2 aliphatic rings. The molecule has 4 rings (SSSR count). The van der Waals surface area contributed by atoms with Gasteiger partial charge in [0.1, 0.15) is 23.2 Å². The Balaban J connectivity index is 1.73. The first-order chi connectivity index (χ1) is 11.6. The number of fused-ring (bicyclic) bond motifs is 2. The number of nitrogens with zero attached hydrogens (tertiary/aromatic N) is 1. The SMILES string of the molecule is C=C(C)[C@H]1CCC2=Cc3c(cc(-c4cccnc4)oc3=O)O[C@H]2C1. The van der Waals surface area contributed by atoms with Gasteiger partial charge in [-0.15, -0.1) is 0 Å². The molecule has 0 radical (unpaired) electrons. The minimum Gasteiger partial charge on any atom is -0.485 e. The molecule has 122 valence electrons. The van der Waals surface area contributed by atoms with Crippen molar-refractivity contribution in [1.29, 1.82) is 0 Å². The molecule has 0 bridgehead atoms. The summed E-state index contributed by atoms with van der Waals surface area (Å²) in [5.41, 5.74) is 3.30. The van der Waals surface area contributed by atoms with Crippen molar-refractivity contribution in [2.24, 2.45) is 5.92 Å². The van der Waals surface area contributed by atoms with Crippen molar-refractivity contribution in [2.75, 3.05) is 0 Å². The zero-order valence-electron chi connectivity index (χ0n) is 13.6. The van der Waals surface area contributed by atoms with Gasteiger partial charge in [-0.1, -0.05) is 12.2 Å². The average molecular weight is 321 g/mol. The van der Waals surface area contributed by atoms with Crippen LogP contribution in [0.25, 0.3) is 17.4 Å². The summed E-state index contributed by atoms with van der Waals surface area (Å²) in [6, 6.07) is 5.47. The van der Waals surface area contributed by atoms with Crippen LogP contribution in [0.4, 0.5) is 0 Å². The topological polar surface area (TPSA) is 52.3 Å².